The fraction of sp³-hybridized carbons (Fsp3) is 0.833. The van der Waals surface area contributed by atoms with Crippen LogP contribution in [-0.2, 0) is 4.79 Å². The van der Waals surface area contributed by atoms with Crippen LogP contribution >= 0.6 is 0 Å². The zero-order valence-corrected chi connectivity index (χ0v) is 4.89. The van der Waals surface area contributed by atoms with Crippen molar-refractivity contribution in [1.29, 1.82) is 0 Å². The second kappa shape index (κ2) is 2.42. The summed E-state index contributed by atoms with van der Waals surface area (Å²) >= 11 is 0. The average molecular weight is 134 g/mol. The molecule has 0 heterocycles. The molecule has 1 saturated carbocycles. The number of halogens is 2. The predicted molar refractivity (Wildman–Crippen MR) is 28.3 cm³/mol. The maximum atomic E-state index is 11.7. The summed E-state index contributed by atoms with van der Waals surface area (Å²) in [7, 11) is 0. The normalized spacial score (nSPS) is 34.1. The summed E-state index contributed by atoms with van der Waals surface area (Å²) in [4.78, 5) is 9.91. The summed E-state index contributed by atoms with van der Waals surface area (Å²) in [5.41, 5.74) is 0. The van der Waals surface area contributed by atoms with Gasteiger partial charge in [0.1, 0.15) is 6.29 Å². The van der Waals surface area contributed by atoms with Gasteiger partial charge in [-0.25, -0.2) is 8.78 Å². The Morgan fingerprint density at radius 2 is 2.00 bits per heavy atom. The van der Waals surface area contributed by atoms with Crippen LogP contribution in [-0.4, -0.2) is 12.7 Å². The van der Waals surface area contributed by atoms with Crippen LogP contribution in [0.3, 0.4) is 0 Å². The van der Waals surface area contributed by atoms with Crippen LogP contribution in [0.4, 0.5) is 8.78 Å². The second-order valence-corrected chi connectivity index (χ2v) is 2.46. The Morgan fingerprint density at radius 1 is 1.44 bits per heavy atom. The van der Waals surface area contributed by atoms with Gasteiger partial charge in [0, 0.05) is 11.8 Å². The van der Waals surface area contributed by atoms with Crippen molar-refractivity contribution in [2.45, 2.75) is 19.3 Å². The quantitative estimate of drug-likeness (QED) is 0.523. The van der Waals surface area contributed by atoms with E-state index in [9.17, 15) is 13.6 Å². The van der Waals surface area contributed by atoms with Gasteiger partial charge in [-0.15, -0.1) is 0 Å². The molecule has 1 aliphatic rings. The van der Waals surface area contributed by atoms with Gasteiger partial charge in [0.2, 0.25) is 6.43 Å². The van der Waals surface area contributed by atoms with Crippen molar-refractivity contribution in [2.24, 2.45) is 11.8 Å². The number of hydrogen-bond donors (Lipinski definition) is 0. The molecule has 0 bridgehead atoms. The Labute approximate surface area is 52.1 Å². The highest BCUT2D eigenvalue weighted by atomic mass is 19.3. The summed E-state index contributed by atoms with van der Waals surface area (Å²) in [6, 6.07) is 0. The molecule has 1 rings (SSSR count). The van der Waals surface area contributed by atoms with E-state index in [1.54, 1.807) is 0 Å². The zero-order chi connectivity index (χ0) is 6.85. The monoisotopic (exact) mass is 134 g/mol. The Kier molecular flexibility index (Phi) is 1.78. The molecule has 0 aromatic rings. The lowest BCUT2D eigenvalue weighted by Crippen LogP contribution is -2.29. The van der Waals surface area contributed by atoms with Gasteiger partial charge in [0.05, 0.1) is 0 Å². The molecule has 0 spiro atoms. The molecule has 0 aliphatic heterocycles. The van der Waals surface area contributed by atoms with E-state index < -0.39 is 12.3 Å². The highest BCUT2D eigenvalue weighted by Gasteiger charge is 2.34. The largest absolute Gasteiger partial charge is 0.303 e. The van der Waals surface area contributed by atoms with Crippen LogP contribution in [0.25, 0.3) is 0 Å². The number of alkyl halides is 2. The minimum atomic E-state index is -2.22. The van der Waals surface area contributed by atoms with Gasteiger partial charge in [0.25, 0.3) is 0 Å². The van der Waals surface area contributed by atoms with E-state index in [4.69, 9.17) is 0 Å². The lowest BCUT2D eigenvalue weighted by Gasteiger charge is -2.30. The number of carbonyl (C=O) groups excluding carboxylic acids is 1. The third kappa shape index (κ3) is 1.26. The van der Waals surface area contributed by atoms with Crippen molar-refractivity contribution in [2.75, 3.05) is 0 Å². The first-order chi connectivity index (χ1) is 4.24. The van der Waals surface area contributed by atoms with Crippen molar-refractivity contribution in [3.05, 3.63) is 0 Å². The number of rotatable bonds is 2. The van der Waals surface area contributed by atoms with E-state index in [1.165, 1.54) is 0 Å². The first kappa shape index (κ1) is 6.65. The first-order valence-electron chi connectivity index (χ1n) is 2.97. The fourth-order valence-corrected chi connectivity index (χ4v) is 1.03. The summed E-state index contributed by atoms with van der Waals surface area (Å²) in [5, 5.41) is 0. The molecule has 0 radical (unpaired) electrons. The van der Waals surface area contributed by atoms with Crippen LogP contribution in [0.15, 0.2) is 0 Å². The van der Waals surface area contributed by atoms with Crippen molar-refractivity contribution in [1.82, 2.24) is 0 Å². The van der Waals surface area contributed by atoms with E-state index in [2.05, 4.69) is 0 Å². The molecule has 0 N–H and O–H groups in total. The summed E-state index contributed by atoms with van der Waals surface area (Å²) in [5.74, 6) is -0.579. The predicted octanol–water partition coefficient (Wildman–Crippen LogP) is 1.48. The van der Waals surface area contributed by atoms with Gasteiger partial charge in [-0.2, -0.15) is 0 Å². The van der Waals surface area contributed by atoms with Gasteiger partial charge >= 0.3 is 0 Å². The molecule has 0 amide bonds. The lowest BCUT2D eigenvalue weighted by atomic mass is 9.76. The molecule has 1 aliphatic carbocycles. The fourth-order valence-electron chi connectivity index (χ4n) is 1.03. The molecule has 0 atom stereocenters. The summed E-state index contributed by atoms with van der Waals surface area (Å²) < 4.78 is 23.3. The Balaban J connectivity index is 2.19. The van der Waals surface area contributed by atoms with Crippen molar-refractivity contribution in [3.63, 3.8) is 0 Å². The minimum Gasteiger partial charge on any atom is -0.303 e. The van der Waals surface area contributed by atoms with Gasteiger partial charge in [-0.1, -0.05) is 0 Å². The minimum absolute atomic E-state index is 0.0796. The standard InChI is InChI=1S/C6H8F2O/c7-6(8)5-1-4(2-5)3-9/h3-6H,1-2H2/t4-,5-. The third-order valence-electron chi connectivity index (χ3n) is 1.76. The molecular weight excluding hydrogens is 126 g/mol. The molecule has 0 aromatic heterocycles. The Bertz CT molecular complexity index is 108. The van der Waals surface area contributed by atoms with Crippen LogP contribution in [0.1, 0.15) is 12.8 Å². The van der Waals surface area contributed by atoms with Gasteiger partial charge in [-0.3, -0.25) is 0 Å². The highest BCUT2D eigenvalue weighted by molar-refractivity contribution is 5.55. The Hall–Kier alpha value is -0.470. The van der Waals surface area contributed by atoms with Crippen molar-refractivity contribution < 1.29 is 13.6 Å². The average Bonchev–Trinajstić information content (AvgIpc) is 1.61. The van der Waals surface area contributed by atoms with E-state index in [1.807, 2.05) is 0 Å². The molecule has 9 heavy (non-hydrogen) atoms. The first-order valence-corrected chi connectivity index (χ1v) is 2.97. The smallest absolute Gasteiger partial charge is 0.241 e. The van der Waals surface area contributed by atoms with Crippen molar-refractivity contribution in [3.8, 4) is 0 Å². The van der Waals surface area contributed by atoms with Crippen LogP contribution < -0.4 is 0 Å². The molecule has 0 saturated heterocycles. The van der Waals surface area contributed by atoms with Crippen LogP contribution in [0, 0.1) is 11.8 Å². The summed E-state index contributed by atoms with van der Waals surface area (Å²) in [6.07, 6.45) is -0.678. The van der Waals surface area contributed by atoms with Crippen molar-refractivity contribution >= 4 is 6.29 Å². The van der Waals surface area contributed by atoms with Gasteiger partial charge in [0.15, 0.2) is 0 Å². The molecule has 3 heteroatoms. The molecular formula is C6H8F2O. The van der Waals surface area contributed by atoms with Gasteiger partial charge in [-0.05, 0) is 12.8 Å². The number of hydrogen-bond acceptors (Lipinski definition) is 1. The number of carbonyl (C=O) groups is 1. The maximum absolute atomic E-state index is 11.7. The van der Waals surface area contributed by atoms with E-state index in [0.29, 0.717) is 12.8 Å². The van der Waals surface area contributed by atoms with Gasteiger partial charge < -0.3 is 4.79 Å². The number of aldehydes is 1. The SMILES string of the molecule is O=C[C@H]1C[C@H](C(F)F)C1. The molecule has 52 valence electrons. The Morgan fingerprint density at radius 3 is 2.33 bits per heavy atom. The lowest BCUT2D eigenvalue weighted by molar-refractivity contribution is -0.117. The maximum Gasteiger partial charge on any atom is 0.241 e. The van der Waals surface area contributed by atoms with E-state index >= 15 is 0 Å². The topological polar surface area (TPSA) is 17.1 Å². The molecule has 0 aromatic carbocycles. The zero-order valence-electron chi connectivity index (χ0n) is 4.89. The molecule has 0 unspecified atom stereocenters. The van der Waals surface area contributed by atoms with E-state index in [0.717, 1.165) is 6.29 Å². The van der Waals surface area contributed by atoms with Crippen LogP contribution in [0.5, 0.6) is 0 Å². The highest BCUT2D eigenvalue weighted by Crippen LogP contribution is 2.36. The van der Waals surface area contributed by atoms with Crippen LogP contribution in [0.2, 0.25) is 0 Å². The molecule has 1 fully saturated rings. The summed E-state index contributed by atoms with van der Waals surface area (Å²) in [6.45, 7) is 0. The second-order valence-electron chi connectivity index (χ2n) is 2.46. The molecule has 1 nitrogen and oxygen atoms in total. The third-order valence-corrected chi connectivity index (χ3v) is 1.76. The van der Waals surface area contributed by atoms with E-state index in [-0.39, 0.29) is 5.92 Å².